The zero-order valence-corrected chi connectivity index (χ0v) is 21.4. The zero-order valence-electron chi connectivity index (χ0n) is 21.4. The molecule has 0 radical (unpaired) electrons. The number of nitrogens with zero attached hydrogens (tertiary/aromatic N) is 5. The maximum atomic E-state index is 13.1. The maximum Gasteiger partial charge on any atom is 0.252 e. The van der Waals surface area contributed by atoms with Gasteiger partial charge in [0, 0.05) is 30.2 Å². The summed E-state index contributed by atoms with van der Waals surface area (Å²) in [4.78, 5) is 18.8. The molecule has 0 bridgehead atoms. The summed E-state index contributed by atoms with van der Waals surface area (Å²) < 4.78 is 1.98. The molecule has 0 aliphatic heterocycles. The Morgan fingerprint density at radius 2 is 1.92 bits per heavy atom. The lowest BCUT2D eigenvalue weighted by molar-refractivity contribution is 0.108. The van der Waals surface area contributed by atoms with Crippen molar-refractivity contribution in [2.75, 3.05) is 0 Å². The molecule has 2 aromatic heterocycles. The highest BCUT2D eigenvalue weighted by Gasteiger charge is 2.33. The van der Waals surface area contributed by atoms with Gasteiger partial charge in [0.25, 0.3) is 5.56 Å². The molecule has 0 spiro atoms. The minimum Gasteiger partial charge on any atom is -0.322 e. The van der Waals surface area contributed by atoms with Gasteiger partial charge in [0.15, 0.2) is 5.82 Å². The average Bonchev–Trinajstić information content (AvgIpc) is 3.58. The molecule has 1 atom stereocenters. The summed E-state index contributed by atoms with van der Waals surface area (Å²) in [5.41, 5.74) is 4.15. The van der Waals surface area contributed by atoms with Crippen molar-refractivity contribution < 1.29 is 0 Å². The van der Waals surface area contributed by atoms with Crippen LogP contribution in [-0.4, -0.2) is 36.1 Å². The second kappa shape index (κ2) is 11.2. The number of hydrogen-bond donors (Lipinski definition) is 1. The average molecular weight is 485 g/mol. The molecule has 1 aliphatic carbocycles. The van der Waals surface area contributed by atoms with Crippen molar-refractivity contribution in [3.8, 4) is 0 Å². The van der Waals surface area contributed by atoms with Gasteiger partial charge in [-0.3, -0.25) is 9.69 Å². The van der Waals surface area contributed by atoms with Crippen LogP contribution in [-0.2, 0) is 19.5 Å². The number of aromatic nitrogens is 5. The van der Waals surface area contributed by atoms with E-state index in [1.807, 2.05) is 22.9 Å². The summed E-state index contributed by atoms with van der Waals surface area (Å²) >= 11 is 0. The first-order chi connectivity index (χ1) is 17.6. The molecule has 2 heterocycles. The van der Waals surface area contributed by atoms with Gasteiger partial charge < -0.3 is 4.98 Å². The third-order valence-electron chi connectivity index (χ3n) is 7.50. The summed E-state index contributed by atoms with van der Waals surface area (Å²) in [5.74, 6) is 0.910. The van der Waals surface area contributed by atoms with E-state index in [0.717, 1.165) is 60.9 Å². The first kappa shape index (κ1) is 24.4. The standard InChI is InChI=1S/C29H36N6O/c1-3-9-27(28-31-32-33-35(28)17-16-22-10-5-4-6-11-22)34(25-12-7-8-13-25)20-24-19-23-18-21(2)14-15-26(23)30-29(24)36/h4-6,10-11,14-15,18-19,25,27H,3,7-9,12-13,16-17,20H2,1-2H3,(H,30,36). The van der Waals surface area contributed by atoms with Gasteiger partial charge in [-0.15, -0.1) is 5.10 Å². The molecule has 1 unspecified atom stereocenters. The molecule has 36 heavy (non-hydrogen) atoms. The first-order valence-electron chi connectivity index (χ1n) is 13.3. The monoisotopic (exact) mass is 484 g/mol. The van der Waals surface area contributed by atoms with Crippen LogP contribution in [0.2, 0.25) is 0 Å². The van der Waals surface area contributed by atoms with Crippen LogP contribution in [0.3, 0.4) is 0 Å². The molecule has 7 nitrogen and oxygen atoms in total. The summed E-state index contributed by atoms with van der Waals surface area (Å²) in [7, 11) is 0. The van der Waals surface area contributed by atoms with Crippen molar-refractivity contribution in [2.24, 2.45) is 0 Å². The van der Waals surface area contributed by atoms with Gasteiger partial charge in [-0.1, -0.05) is 68.1 Å². The molecule has 0 amide bonds. The largest absolute Gasteiger partial charge is 0.322 e. The molecule has 5 rings (SSSR count). The van der Waals surface area contributed by atoms with E-state index < -0.39 is 0 Å². The van der Waals surface area contributed by atoms with Gasteiger partial charge in [0.2, 0.25) is 0 Å². The molecule has 4 aromatic rings. The molecular formula is C29H36N6O. The number of rotatable bonds is 10. The van der Waals surface area contributed by atoms with Crippen molar-refractivity contribution >= 4 is 10.9 Å². The van der Waals surface area contributed by atoms with Gasteiger partial charge in [-0.05, 0) is 72.2 Å². The van der Waals surface area contributed by atoms with Crippen molar-refractivity contribution in [3.05, 3.63) is 87.5 Å². The highest BCUT2D eigenvalue weighted by molar-refractivity contribution is 5.79. The van der Waals surface area contributed by atoms with E-state index in [9.17, 15) is 4.79 Å². The Balaban J connectivity index is 1.47. The highest BCUT2D eigenvalue weighted by atomic mass is 16.1. The lowest BCUT2D eigenvalue weighted by Crippen LogP contribution is -2.39. The molecule has 1 aliphatic rings. The maximum absolute atomic E-state index is 13.1. The topological polar surface area (TPSA) is 79.7 Å². The molecule has 1 saturated carbocycles. The van der Waals surface area contributed by atoms with E-state index in [0.29, 0.717) is 12.6 Å². The number of H-pyrrole nitrogens is 1. The lowest BCUT2D eigenvalue weighted by atomic mass is 10.0. The van der Waals surface area contributed by atoms with E-state index >= 15 is 0 Å². The second-order valence-corrected chi connectivity index (χ2v) is 10.1. The Morgan fingerprint density at radius 1 is 1.11 bits per heavy atom. The summed E-state index contributed by atoms with van der Waals surface area (Å²) in [6.07, 6.45) is 7.61. The number of fused-ring (bicyclic) bond motifs is 1. The predicted molar refractivity (Wildman–Crippen MR) is 143 cm³/mol. The van der Waals surface area contributed by atoms with E-state index in [2.05, 4.69) is 75.7 Å². The molecule has 1 fully saturated rings. The lowest BCUT2D eigenvalue weighted by Gasteiger charge is -2.35. The number of tetrazole rings is 1. The van der Waals surface area contributed by atoms with Crippen LogP contribution >= 0.6 is 0 Å². The van der Waals surface area contributed by atoms with E-state index in [1.165, 1.54) is 24.0 Å². The number of aromatic amines is 1. The van der Waals surface area contributed by atoms with Gasteiger partial charge in [0.1, 0.15) is 0 Å². The predicted octanol–water partition coefficient (Wildman–Crippen LogP) is 5.35. The summed E-state index contributed by atoms with van der Waals surface area (Å²) in [5, 5.41) is 14.1. The fourth-order valence-electron chi connectivity index (χ4n) is 5.62. The Morgan fingerprint density at radius 3 is 2.69 bits per heavy atom. The van der Waals surface area contributed by atoms with Crippen LogP contribution in [0.1, 0.15) is 74.0 Å². The molecule has 2 aromatic carbocycles. The van der Waals surface area contributed by atoms with Gasteiger partial charge in [0.05, 0.1) is 6.04 Å². The number of aryl methyl sites for hydroxylation is 3. The molecule has 188 valence electrons. The van der Waals surface area contributed by atoms with E-state index in [1.54, 1.807) is 0 Å². The fourth-order valence-corrected chi connectivity index (χ4v) is 5.62. The van der Waals surface area contributed by atoms with Gasteiger partial charge in [-0.2, -0.15) is 0 Å². The quantitative estimate of drug-likeness (QED) is 0.328. The van der Waals surface area contributed by atoms with Crippen molar-refractivity contribution in [1.82, 2.24) is 30.1 Å². The first-order valence-corrected chi connectivity index (χ1v) is 13.3. The smallest absolute Gasteiger partial charge is 0.252 e. The third-order valence-corrected chi connectivity index (χ3v) is 7.50. The molecule has 0 saturated heterocycles. The molecule has 1 N–H and O–H groups in total. The van der Waals surface area contributed by atoms with E-state index in [4.69, 9.17) is 0 Å². The number of hydrogen-bond acceptors (Lipinski definition) is 5. The number of nitrogens with one attached hydrogen (secondary N) is 1. The normalized spacial score (nSPS) is 15.2. The molecular weight excluding hydrogens is 448 g/mol. The summed E-state index contributed by atoms with van der Waals surface area (Å²) in [6, 6.07) is 19.2. The Hall–Kier alpha value is -3.32. The Labute approximate surface area is 212 Å². The number of benzene rings is 2. The van der Waals surface area contributed by atoms with Crippen LogP contribution in [0.4, 0.5) is 0 Å². The minimum atomic E-state index is -0.00623. The van der Waals surface area contributed by atoms with Crippen LogP contribution in [0.5, 0.6) is 0 Å². The molecule has 7 heteroatoms. The van der Waals surface area contributed by atoms with Gasteiger partial charge >= 0.3 is 0 Å². The Bertz CT molecular complexity index is 1340. The SMILES string of the molecule is CCCC(c1nnnn1CCc1ccccc1)N(Cc1cc2cc(C)ccc2[nH]c1=O)C1CCCC1. The minimum absolute atomic E-state index is 0.00623. The van der Waals surface area contributed by atoms with Crippen LogP contribution in [0.15, 0.2) is 59.4 Å². The van der Waals surface area contributed by atoms with E-state index in [-0.39, 0.29) is 11.6 Å². The fraction of sp³-hybridized carbons (Fsp3) is 0.448. The highest BCUT2D eigenvalue weighted by Crippen LogP contribution is 2.34. The number of pyridine rings is 1. The third kappa shape index (κ3) is 5.41. The van der Waals surface area contributed by atoms with Crippen LogP contribution < -0.4 is 5.56 Å². The van der Waals surface area contributed by atoms with Crippen LogP contribution in [0, 0.1) is 6.92 Å². The van der Waals surface area contributed by atoms with Crippen LogP contribution in [0.25, 0.3) is 10.9 Å². The zero-order chi connectivity index (χ0) is 24.9. The second-order valence-electron chi connectivity index (χ2n) is 10.1. The summed E-state index contributed by atoms with van der Waals surface area (Å²) in [6.45, 7) is 5.63. The van der Waals surface area contributed by atoms with Gasteiger partial charge in [-0.25, -0.2) is 4.68 Å². The Kier molecular flexibility index (Phi) is 7.56. The van der Waals surface area contributed by atoms with Crippen molar-refractivity contribution in [2.45, 2.75) is 84.0 Å². The van der Waals surface area contributed by atoms with Crippen molar-refractivity contribution in [1.29, 1.82) is 0 Å². The van der Waals surface area contributed by atoms with Crippen molar-refractivity contribution in [3.63, 3.8) is 0 Å².